The standard InChI is InChI=1S/C16H13BrFIN4O2/c1-2-25-16(24)15-22-21-14-9(8-17)3-6-13(23(14)15)20-12-5-4-10(19)7-11(12)18/h3-7,20H,2,8H2,1H3. The summed E-state index contributed by atoms with van der Waals surface area (Å²) < 4.78 is 21.5. The number of pyridine rings is 1. The van der Waals surface area contributed by atoms with Gasteiger partial charge in [0.1, 0.15) is 11.6 Å². The second-order valence-electron chi connectivity index (χ2n) is 5.03. The van der Waals surface area contributed by atoms with Gasteiger partial charge in [-0.05, 0) is 53.8 Å². The number of anilines is 2. The molecule has 0 amide bonds. The first-order valence-electron chi connectivity index (χ1n) is 7.37. The summed E-state index contributed by atoms with van der Waals surface area (Å²) in [5.41, 5.74) is 1.63. The smallest absolute Gasteiger partial charge is 0.376 e. The number of nitrogens with zero attached hydrogens (tertiary/aromatic N) is 3. The highest BCUT2D eigenvalue weighted by atomic mass is 127. The van der Waals surface area contributed by atoms with Gasteiger partial charge in [0, 0.05) is 14.5 Å². The Balaban J connectivity index is 2.13. The van der Waals surface area contributed by atoms with Crippen LogP contribution < -0.4 is 5.32 Å². The van der Waals surface area contributed by atoms with Crippen LogP contribution in [-0.4, -0.2) is 27.2 Å². The van der Waals surface area contributed by atoms with Gasteiger partial charge in [0.05, 0.1) is 12.3 Å². The number of carbonyl (C=O) groups excluding carboxylic acids is 1. The predicted molar refractivity (Wildman–Crippen MR) is 104 cm³/mol. The van der Waals surface area contributed by atoms with Crippen molar-refractivity contribution in [3.63, 3.8) is 0 Å². The number of alkyl halides is 1. The lowest BCUT2D eigenvalue weighted by Gasteiger charge is -2.12. The van der Waals surface area contributed by atoms with Gasteiger partial charge in [-0.1, -0.05) is 22.0 Å². The molecule has 0 aliphatic carbocycles. The van der Waals surface area contributed by atoms with Gasteiger partial charge in [0.15, 0.2) is 5.65 Å². The number of nitrogens with one attached hydrogen (secondary N) is 1. The van der Waals surface area contributed by atoms with Gasteiger partial charge in [-0.3, -0.25) is 4.40 Å². The van der Waals surface area contributed by atoms with Crippen LogP contribution in [0.2, 0.25) is 0 Å². The zero-order valence-corrected chi connectivity index (χ0v) is 16.8. The molecule has 6 nitrogen and oxygen atoms in total. The molecule has 0 saturated carbocycles. The van der Waals surface area contributed by atoms with Crippen molar-refractivity contribution in [2.45, 2.75) is 12.3 Å². The minimum atomic E-state index is -0.590. The molecule has 0 bridgehead atoms. The summed E-state index contributed by atoms with van der Waals surface area (Å²) in [6.45, 7) is 1.94. The zero-order chi connectivity index (χ0) is 18.0. The Labute approximate surface area is 165 Å². The van der Waals surface area contributed by atoms with E-state index >= 15 is 0 Å². The third-order valence-electron chi connectivity index (χ3n) is 3.43. The summed E-state index contributed by atoms with van der Waals surface area (Å²) >= 11 is 5.43. The largest absolute Gasteiger partial charge is 0.460 e. The first kappa shape index (κ1) is 18.1. The number of hydrogen-bond acceptors (Lipinski definition) is 5. The van der Waals surface area contributed by atoms with E-state index in [1.165, 1.54) is 10.5 Å². The van der Waals surface area contributed by atoms with Crippen molar-refractivity contribution in [2.24, 2.45) is 0 Å². The molecule has 2 aromatic heterocycles. The second kappa shape index (κ2) is 7.65. The van der Waals surface area contributed by atoms with Crippen LogP contribution in [0.3, 0.4) is 0 Å². The Morgan fingerprint density at radius 2 is 2.16 bits per heavy atom. The van der Waals surface area contributed by atoms with Crippen molar-refractivity contribution in [3.05, 3.63) is 51.1 Å². The topological polar surface area (TPSA) is 68.5 Å². The van der Waals surface area contributed by atoms with Crippen LogP contribution in [-0.2, 0) is 10.1 Å². The molecule has 0 atom stereocenters. The molecule has 0 aliphatic rings. The SMILES string of the molecule is CCOC(=O)c1nnc2c(CBr)ccc(Nc3ccc(I)cc3F)n12. The van der Waals surface area contributed by atoms with Crippen LogP contribution in [0, 0.1) is 9.39 Å². The lowest BCUT2D eigenvalue weighted by molar-refractivity contribution is 0.0510. The number of benzene rings is 1. The zero-order valence-electron chi connectivity index (χ0n) is 13.1. The third-order valence-corrected chi connectivity index (χ3v) is 4.70. The number of fused-ring (bicyclic) bond motifs is 1. The molecule has 0 saturated heterocycles. The van der Waals surface area contributed by atoms with Crippen molar-refractivity contribution >= 4 is 61.6 Å². The molecule has 3 aromatic rings. The molecule has 2 heterocycles. The Kier molecular flexibility index (Phi) is 5.52. The Morgan fingerprint density at radius 1 is 1.36 bits per heavy atom. The maximum absolute atomic E-state index is 14.2. The van der Waals surface area contributed by atoms with Crippen LogP contribution in [0.15, 0.2) is 30.3 Å². The van der Waals surface area contributed by atoms with Crippen molar-refractivity contribution in [3.8, 4) is 0 Å². The molecule has 9 heteroatoms. The van der Waals surface area contributed by atoms with Crippen LogP contribution >= 0.6 is 38.5 Å². The highest BCUT2D eigenvalue weighted by Gasteiger charge is 2.20. The normalized spacial score (nSPS) is 10.9. The average Bonchev–Trinajstić information content (AvgIpc) is 3.03. The van der Waals surface area contributed by atoms with Crippen LogP contribution in [0.4, 0.5) is 15.9 Å². The molecule has 0 unspecified atom stereocenters. The average molecular weight is 519 g/mol. The Hall–Kier alpha value is -1.75. The summed E-state index contributed by atoms with van der Waals surface area (Å²) in [4.78, 5) is 12.2. The summed E-state index contributed by atoms with van der Waals surface area (Å²) in [6, 6.07) is 8.42. The molecule has 25 heavy (non-hydrogen) atoms. The summed E-state index contributed by atoms with van der Waals surface area (Å²) in [7, 11) is 0. The molecule has 1 aromatic carbocycles. The highest BCUT2D eigenvalue weighted by molar-refractivity contribution is 14.1. The minimum absolute atomic E-state index is 0.0352. The van der Waals surface area contributed by atoms with Crippen LogP contribution in [0.5, 0.6) is 0 Å². The van der Waals surface area contributed by atoms with Crippen LogP contribution in [0.25, 0.3) is 5.65 Å². The van der Waals surface area contributed by atoms with Gasteiger partial charge in [0.2, 0.25) is 5.82 Å². The van der Waals surface area contributed by atoms with Gasteiger partial charge < -0.3 is 10.1 Å². The van der Waals surface area contributed by atoms with Gasteiger partial charge >= 0.3 is 5.97 Å². The molecular weight excluding hydrogens is 506 g/mol. The molecule has 0 fully saturated rings. The van der Waals surface area contributed by atoms with E-state index in [-0.39, 0.29) is 18.1 Å². The van der Waals surface area contributed by atoms with Gasteiger partial charge in [-0.15, -0.1) is 10.2 Å². The maximum Gasteiger partial charge on any atom is 0.376 e. The lowest BCUT2D eigenvalue weighted by Crippen LogP contribution is -2.12. The van der Waals surface area contributed by atoms with E-state index in [1.807, 2.05) is 28.7 Å². The van der Waals surface area contributed by atoms with Gasteiger partial charge in [-0.25, -0.2) is 9.18 Å². The fourth-order valence-corrected chi connectivity index (χ4v) is 3.20. The minimum Gasteiger partial charge on any atom is -0.460 e. The fourth-order valence-electron chi connectivity index (χ4n) is 2.31. The lowest BCUT2D eigenvalue weighted by atomic mass is 10.2. The van der Waals surface area contributed by atoms with E-state index in [0.717, 1.165) is 9.13 Å². The summed E-state index contributed by atoms with van der Waals surface area (Å²) in [5, 5.41) is 11.6. The highest BCUT2D eigenvalue weighted by Crippen LogP contribution is 2.25. The van der Waals surface area contributed by atoms with Crippen molar-refractivity contribution in [1.82, 2.24) is 14.6 Å². The first-order chi connectivity index (χ1) is 12.0. The predicted octanol–water partition coefficient (Wildman–Crippen LogP) is 4.29. The Bertz CT molecular complexity index is 947. The molecule has 0 spiro atoms. The van der Waals surface area contributed by atoms with E-state index < -0.39 is 11.8 Å². The fraction of sp³-hybridized carbons (Fsp3) is 0.188. The van der Waals surface area contributed by atoms with E-state index in [0.29, 0.717) is 16.8 Å². The van der Waals surface area contributed by atoms with Gasteiger partial charge in [0.25, 0.3) is 0 Å². The Morgan fingerprint density at radius 3 is 2.84 bits per heavy atom. The molecule has 3 rings (SSSR count). The molecule has 1 N–H and O–H groups in total. The molecule has 130 valence electrons. The number of aromatic nitrogens is 3. The van der Waals surface area contributed by atoms with E-state index in [1.54, 1.807) is 25.1 Å². The number of esters is 1. The van der Waals surface area contributed by atoms with Gasteiger partial charge in [-0.2, -0.15) is 0 Å². The molecular formula is C16H13BrFIN4O2. The number of ether oxygens (including phenoxy) is 1. The third kappa shape index (κ3) is 3.61. The van der Waals surface area contributed by atoms with E-state index in [4.69, 9.17) is 4.74 Å². The summed E-state index contributed by atoms with van der Waals surface area (Å²) in [5.74, 6) is -0.482. The number of carbonyl (C=O) groups is 1. The number of rotatable bonds is 5. The summed E-state index contributed by atoms with van der Waals surface area (Å²) in [6.07, 6.45) is 0. The van der Waals surface area contributed by atoms with Crippen molar-refractivity contribution in [2.75, 3.05) is 11.9 Å². The second-order valence-corrected chi connectivity index (χ2v) is 6.84. The van der Waals surface area contributed by atoms with E-state index in [9.17, 15) is 9.18 Å². The quantitative estimate of drug-likeness (QED) is 0.310. The first-order valence-corrected chi connectivity index (χ1v) is 9.57. The monoisotopic (exact) mass is 518 g/mol. The molecule has 0 radical (unpaired) electrons. The maximum atomic E-state index is 14.2. The van der Waals surface area contributed by atoms with Crippen molar-refractivity contribution in [1.29, 1.82) is 0 Å². The van der Waals surface area contributed by atoms with Crippen molar-refractivity contribution < 1.29 is 13.9 Å². The van der Waals surface area contributed by atoms with Crippen LogP contribution in [0.1, 0.15) is 23.1 Å². The number of hydrogen-bond donors (Lipinski definition) is 1. The number of halogens is 3. The van der Waals surface area contributed by atoms with E-state index in [2.05, 4.69) is 31.4 Å². The molecule has 0 aliphatic heterocycles.